The van der Waals surface area contributed by atoms with Crippen LogP contribution in [0, 0.1) is 5.92 Å². The fourth-order valence-electron chi connectivity index (χ4n) is 1.86. The number of rotatable bonds is 7. The normalized spacial score (nSPS) is 17.6. The molecule has 1 fully saturated rings. The second-order valence-corrected chi connectivity index (χ2v) is 4.82. The first-order chi connectivity index (χ1) is 7.60. The SMILES string of the molecule is CCN(C(=O)CNC(CO)C(C)C)C1CC1. The van der Waals surface area contributed by atoms with E-state index in [2.05, 4.69) is 5.32 Å². The van der Waals surface area contributed by atoms with Gasteiger partial charge in [-0.25, -0.2) is 0 Å². The van der Waals surface area contributed by atoms with Gasteiger partial charge in [0.25, 0.3) is 0 Å². The molecule has 1 amide bonds. The van der Waals surface area contributed by atoms with Gasteiger partial charge in [0, 0.05) is 18.6 Å². The summed E-state index contributed by atoms with van der Waals surface area (Å²) >= 11 is 0. The lowest BCUT2D eigenvalue weighted by atomic mass is 10.1. The third-order valence-corrected chi connectivity index (χ3v) is 3.17. The summed E-state index contributed by atoms with van der Waals surface area (Å²) in [6.07, 6.45) is 2.29. The van der Waals surface area contributed by atoms with Crippen molar-refractivity contribution in [2.75, 3.05) is 19.7 Å². The average Bonchev–Trinajstić information content (AvgIpc) is 3.03. The molecule has 0 radical (unpaired) electrons. The fraction of sp³-hybridized carbons (Fsp3) is 0.917. The van der Waals surface area contributed by atoms with Crippen LogP contribution in [0.5, 0.6) is 0 Å². The highest BCUT2D eigenvalue weighted by Gasteiger charge is 2.31. The molecule has 1 aliphatic carbocycles. The Morgan fingerprint density at radius 3 is 2.50 bits per heavy atom. The maximum Gasteiger partial charge on any atom is 0.236 e. The summed E-state index contributed by atoms with van der Waals surface area (Å²) in [4.78, 5) is 13.8. The topological polar surface area (TPSA) is 52.6 Å². The minimum absolute atomic E-state index is 0.0156. The Morgan fingerprint density at radius 1 is 1.50 bits per heavy atom. The maximum atomic E-state index is 11.9. The number of hydrogen-bond acceptors (Lipinski definition) is 3. The Hall–Kier alpha value is -0.610. The molecule has 0 aromatic carbocycles. The number of aliphatic hydroxyl groups is 1. The van der Waals surface area contributed by atoms with Crippen LogP contribution in [0.4, 0.5) is 0 Å². The average molecular weight is 228 g/mol. The van der Waals surface area contributed by atoms with Gasteiger partial charge in [0.15, 0.2) is 0 Å². The standard InChI is InChI=1S/C12H24N2O2/c1-4-14(10-5-6-10)12(16)7-13-11(8-15)9(2)3/h9-11,13,15H,4-8H2,1-3H3. The zero-order valence-corrected chi connectivity index (χ0v) is 10.6. The molecule has 1 saturated carbocycles. The molecule has 1 aliphatic rings. The highest BCUT2D eigenvalue weighted by molar-refractivity contribution is 5.78. The van der Waals surface area contributed by atoms with E-state index in [1.165, 1.54) is 0 Å². The molecule has 0 aromatic heterocycles. The van der Waals surface area contributed by atoms with E-state index in [1.807, 2.05) is 25.7 Å². The summed E-state index contributed by atoms with van der Waals surface area (Å²) in [6, 6.07) is 0.493. The van der Waals surface area contributed by atoms with Gasteiger partial charge in [0.05, 0.1) is 13.2 Å². The number of amides is 1. The van der Waals surface area contributed by atoms with E-state index < -0.39 is 0 Å². The number of nitrogens with zero attached hydrogens (tertiary/aromatic N) is 1. The molecule has 0 bridgehead atoms. The van der Waals surface area contributed by atoms with Crippen molar-refractivity contribution in [2.24, 2.45) is 5.92 Å². The number of aliphatic hydroxyl groups excluding tert-OH is 1. The van der Waals surface area contributed by atoms with E-state index in [1.54, 1.807) is 0 Å². The van der Waals surface area contributed by atoms with Crippen LogP contribution in [0.15, 0.2) is 0 Å². The van der Waals surface area contributed by atoms with Gasteiger partial charge < -0.3 is 15.3 Å². The lowest BCUT2D eigenvalue weighted by Gasteiger charge is -2.24. The smallest absolute Gasteiger partial charge is 0.236 e. The second kappa shape index (κ2) is 6.21. The van der Waals surface area contributed by atoms with Gasteiger partial charge in [-0.3, -0.25) is 4.79 Å². The lowest BCUT2D eigenvalue weighted by molar-refractivity contribution is -0.130. The first-order valence-corrected chi connectivity index (χ1v) is 6.23. The summed E-state index contributed by atoms with van der Waals surface area (Å²) in [6.45, 7) is 7.31. The number of carbonyl (C=O) groups excluding carboxylic acids is 1. The first-order valence-electron chi connectivity index (χ1n) is 6.23. The molecule has 0 heterocycles. The van der Waals surface area contributed by atoms with Crippen LogP contribution >= 0.6 is 0 Å². The summed E-state index contributed by atoms with van der Waals surface area (Å²) in [5.74, 6) is 0.498. The van der Waals surface area contributed by atoms with Gasteiger partial charge in [-0.05, 0) is 25.7 Å². The molecular weight excluding hydrogens is 204 g/mol. The van der Waals surface area contributed by atoms with Crippen LogP contribution in [-0.4, -0.2) is 47.7 Å². The maximum absolute atomic E-state index is 11.9. The Bertz CT molecular complexity index is 227. The number of nitrogens with one attached hydrogen (secondary N) is 1. The van der Waals surface area contributed by atoms with Crippen molar-refractivity contribution < 1.29 is 9.90 Å². The second-order valence-electron chi connectivity index (χ2n) is 4.82. The van der Waals surface area contributed by atoms with Gasteiger partial charge in [0.2, 0.25) is 5.91 Å². The van der Waals surface area contributed by atoms with Crippen LogP contribution in [0.25, 0.3) is 0 Å². The van der Waals surface area contributed by atoms with Crippen LogP contribution in [0.1, 0.15) is 33.6 Å². The quantitative estimate of drug-likeness (QED) is 0.671. The largest absolute Gasteiger partial charge is 0.395 e. The van der Waals surface area contributed by atoms with Crippen molar-refractivity contribution in [3.8, 4) is 0 Å². The molecule has 94 valence electrons. The number of hydrogen-bond donors (Lipinski definition) is 2. The zero-order chi connectivity index (χ0) is 12.1. The molecule has 4 nitrogen and oxygen atoms in total. The summed E-state index contributed by atoms with van der Waals surface area (Å²) in [5.41, 5.74) is 0. The molecule has 0 saturated heterocycles. The molecule has 1 atom stereocenters. The third-order valence-electron chi connectivity index (χ3n) is 3.17. The Morgan fingerprint density at radius 2 is 2.12 bits per heavy atom. The van der Waals surface area contributed by atoms with E-state index in [4.69, 9.17) is 5.11 Å². The van der Waals surface area contributed by atoms with Crippen LogP contribution in [-0.2, 0) is 4.79 Å². The van der Waals surface area contributed by atoms with Gasteiger partial charge in [-0.2, -0.15) is 0 Å². The van der Waals surface area contributed by atoms with Gasteiger partial charge in [-0.15, -0.1) is 0 Å². The number of carbonyl (C=O) groups is 1. The first kappa shape index (κ1) is 13.5. The molecule has 1 rings (SSSR count). The van der Waals surface area contributed by atoms with E-state index in [-0.39, 0.29) is 18.6 Å². The van der Waals surface area contributed by atoms with E-state index in [9.17, 15) is 4.79 Å². The van der Waals surface area contributed by atoms with Gasteiger partial charge >= 0.3 is 0 Å². The van der Waals surface area contributed by atoms with Crippen LogP contribution in [0.2, 0.25) is 0 Å². The van der Waals surface area contributed by atoms with Crippen LogP contribution in [0.3, 0.4) is 0 Å². The molecule has 2 N–H and O–H groups in total. The molecule has 0 spiro atoms. The van der Waals surface area contributed by atoms with E-state index >= 15 is 0 Å². The van der Waals surface area contributed by atoms with E-state index in [0.29, 0.717) is 18.5 Å². The summed E-state index contributed by atoms with van der Waals surface area (Å²) in [7, 11) is 0. The van der Waals surface area contributed by atoms with Crippen molar-refractivity contribution >= 4 is 5.91 Å². The minimum atomic E-state index is 0.0156. The van der Waals surface area contributed by atoms with Crippen LogP contribution < -0.4 is 5.32 Å². The Labute approximate surface area is 98.0 Å². The molecule has 0 aliphatic heterocycles. The Kier molecular flexibility index (Phi) is 5.22. The highest BCUT2D eigenvalue weighted by Crippen LogP contribution is 2.26. The highest BCUT2D eigenvalue weighted by atomic mass is 16.3. The monoisotopic (exact) mass is 228 g/mol. The van der Waals surface area contributed by atoms with Crippen molar-refractivity contribution in [1.29, 1.82) is 0 Å². The van der Waals surface area contributed by atoms with Crippen molar-refractivity contribution in [1.82, 2.24) is 10.2 Å². The molecule has 4 heteroatoms. The predicted molar refractivity (Wildman–Crippen MR) is 64.1 cm³/mol. The van der Waals surface area contributed by atoms with Crippen molar-refractivity contribution in [3.63, 3.8) is 0 Å². The van der Waals surface area contributed by atoms with Gasteiger partial charge in [0.1, 0.15) is 0 Å². The lowest BCUT2D eigenvalue weighted by Crippen LogP contribution is -2.45. The predicted octanol–water partition coefficient (Wildman–Crippen LogP) is 0.604. The fourth-order valence-corrected chi connectivity index (χ4v) is 1.86. The van der Waals surface area contributed by atoms with E-state index in [0.717, 1.165) is 19.4 Å². The molecule has 16 heavy (non-hydrogen) atoms. The van der Waals surface area contributed by atoms with Crippen molar-refractivity contribution in [2.45, 2.75) is 45.7 Å². The number of likely N-dealkylation sites (N-methyl/N-ethyl adjacent to an activating group) is 1. The minimum Gasteiger partial charge on any atom is -0.395 e. The third kappa shape index (κ3) is 3.76. The Balaban J connectivity index is 2.32. The summed E-state index contributed by atoms with van der Waals surface area (Å²) in [5, 5.41) is 12.3. The van der Waals surface area contributed by atoms with Crippen molar-refractivity contribution in [3.05, 3.63) is 0 Å². The summed E-state index contributed by atoms with van der Waals surface area (Å²) < 4.78 is 0. The zero-order valence-electron chi connectivity index (χ0n) is 10.6. The molecule has 0 aromatic rings. The van der Waals surface area contributed by atoms with Gasteiger partial charge in [-0.1, -0.05) is 13.8 Å². The molecular formula is C12H24N2O2. The molecule has 1 unspecified atom stereocenters.